The molecule has 0 heterocycles. The molecule has 0 aliphatic rings. The first-order valence-corrected chi connectivity index (χ1v) is 4.90. The molecule has 0 saturated heterocycles. The summed E-state index contributed by atoms with van der Waals surface area (Å²) in [6.45, 7) is 3.49. The summed E-state index contributed by atoms with van der Waals surface area (Å²) in [5.74, 6) is 18.0. The van der Waals surface area contributed by atoms with Crippen LogP contribution in [0.25, 0.3) is 0 Å². The van der Waals surface area contributed by atoms with E-state index in [-0.39, 0.29) is 6.15 Å². The van der Waals surface area contributed by atoms with Gasteiger partial charge in [0.1, 0.15) is 0 Å². The van der Waals surface area contributed by atoms with Crippen LogP contribution in [0.15, 0.2) is 24.3 Å². The van der Waals surface area contributed by atoms with Crippen LogP contribution in [-0.4, -0.2) is 0 Å². The average molecular weight is 236 g/mol. The molecule has 1 aromatic rings. The van der Waals surface area contributed by atoms with Gasteiger partial charge in [0.15, 0.2) is 0 Å². The van der Waals surface area contributed by atoms with Crippen molar-refractivity contribution in [3.05, 3.63) is 29.8 Å². The lowest BCUT2D eigenvalue weighted by Gasteiger charge is -1.90. The fourth-order valence-electron chi connectivity index (χ4n) is 0.816. The highest BCUT2D eigenvalue weighted by molar-refractivity contribution is 5.46. The SMILES string of the molecule is C#Cc1cccc(N)c1.CC#CC#CC#CC.N. The maximum atomic E-state index is 5.44. The number of hydrogen-bond acceptors (Lipinski definition) is 2. The summed E-state index contributed by atoms with van der Waals surface area (Å²) in [4.78, 5) is 0. The number of rotatable bonds is 0. The Hall–Kier alpha value is -2.78. The Bertz CT molecular complexity index is 549. The molecule has 5 N–H and O–H groups in total. The van der Waals surface area contributed by atoms with E-state index in [4.69, 9.17) is 12.2 Å². The van der Waals surface area contributed by atoms with Crippen LogP contribution in [0.2, 0.25) is 0 Å². The van der Waals surface area contributed by atoms with Gasteiger partial charge in [0.2, 0.25) is 0 Å². The number of nitrogen functional groups attached to an aromatic ring is 1. The van der Waals surface area contributed by atoms with E-state index >= 15 is 0 Å². The van der Waals surface area contributed by atoms with E-state index < -0.39 is 0 Å². The molecule has 1 rings (SSSR count). The van der Waals surface area contributed by atoms with Crippen molar-refractivity contribution >= 4 is 5.69 Å². The number of anilines is 1. The van der Waals surface area contributed by atoms with E-state index in [1.165, 1.54) is 0 Å². The first kappa shape index (κ1) is 17.6. The lowest BCUT2D eigenvalue weighted by Crippen LogP contribution is -1.83. The first-order chi connectivity index (χ1) is 8.24. The van der Waals surface area contributed by atoms with Crippen LogP contribution in [0.1, 0.15) is 19.4 Å². The zero-order chi connectivity index (χ0) is 12.9. The van der Waals surface area contributed by atoms with Gasteiger partial charge in [-0.15, -0.1) is 6.42 Å². The molecule has 0 saturated carbocycles. The average Bonchev–Trinajstić information content (AvgIpc) is 2.35. The minimum Gasteiger partial charge on any atom is -0.399 e. The molecule has 90 valence electrons. The van der Waals surface area contributed by atoms with Crippen LogP contribution in [0.5, 0.6) is 0 Å². The van der Waals surface area contributed by atoms with Crippen LogP contribution in [-0.2, 0) is 0 Å². The monoisotopic (exact) mass is 236 g/mol. The number of terminal acetylenes is 1. The maximum absolute atomic E-state index is 5.44. The molecule has 1 aromatic carbocycles. The molecule has 0 aromatic heterocycles. The summed E-state index contributed by atoms with van der Waals surface area (Å²) in [6.07, 6.45) is 5.11. The normalized spacial score (nSPS) is 5.83. The van der Waals surface area contributed by atoms with Gasteiger partial charge in [-0.3, -0.25) is 0 Å². The van der Waals surface area contributed by atoms with Gasteiger partial charge in [0.25, 0.3) is 0 Å². The van der Waals surface area contributed by atoms with Crippen LogP contribution in [0.3, 0.4) is 0 Å². The van der Waals surface area contributed by atoms with E-state index in [1.54, 1.807) is 26.0 Å². The summed E-state index contributed by atoms with van der Waals surface area (Å²) in [6, 6.07) is 7.25. The summed E-state index contributed by atoms with van der Waals surface area (Å²) in [7, 11) is 0. The molecular weight excluding hydrogens is 220 g/mol. The topological polar surface area (TPSA) is 61.0 Å². The van der Waals surface area contributed by atoms with E-state index in [9.17, 15) is 0 Å². The highest BCUT2D eigenvalue weighted by Gasteiger charge is 1.84. The molecule has 0 aliphatic carbocycles. The molecule has 0 spiro atoms. The minimum atomic E-state index is 0. The standard InChI is InChI=1S/C8H7N.C8H6.H3N/c1-2-7-4-3-5-8(9)6-7;1-3-5-7-8-6-4-2;/h1,3-6H,9H2;1-2H3;1H3. The molecule has 18 heavy (non-hydrogen) atoms. The number of benzene rings is 1. The molecular formula is C16H16N2. The van der Waals surface area contributed by atoms with E-state index in [2.05, 4.69) is 41.4 Å². The molecule has 0 bridgehead atoms. The van der Waals surface area contributed by atoms with Crippen molar-refractivity contribution in [3.63, 3.8) is 0 Å². The molecule has 2 heteroatoms. The largest absolute Gasteiger partial charge is 0.399 e. The lowest BCUT2D eigenvalue weighted by atomic mass is 10.2. The third-order valence-corrected chi connectivity index (χ3v) is 1.49. The van der Waals surface area contributed by atoms with Crippen LogP contribution < -0.4 is 11.9 Å². The first-order valence-electron chi connectivity index (χ1n) is 4.90. The fraction of sp³-hybridized carbons (Fsp3) is 0.125. The summed E-state index contributed by atoms with van der Waals surface area (Å²) < 4.78 is 0. The van der Waals surface area contributed by atoms with Crippen LogP contribution >= 0.6 is 0 Å². The summed E-state index contributed by atoms with van der Waals surface area (Å²) in [5.41, 5.74) is 6.98. The Morgan fingerprint density at radius 3 is 1.89 bits per heavy atom. The van der Waals surface area contributed by atoms with Crippen molar-refractivity contribution < 1.29 is 0 Å². The van der Waals surface area contributed by atoms with Gasteiger partial charge >= 0.3 is 0 Å². The van der Waals surface area contributed by atoms with E-state index in [0.29, 0.717) is 5.69 Å². The smallest absolute Gasteiger partial charge is 0.0326 e. The van der Waals surface area contributed by atoms with E-state index in [1.807, 2.05) is 12.1 Å². The molecule has 0 atom stereocenters. The number of hydrogen-bond donors (Lipinski definition) is 2. The van der Waals surface area contributed by atoms with Crippen molar-refractivity contribution in [2.45, 2.75) is 13.8 Å². The predicted molar refractivity (Wildman–Crippen MR) is 78.5 cm³/mol. The molecule has 2 nitrogen and oxygen atoms in total. The minimum absolute atomic E-state index is 0. The second kappa shape index (κ2) is 12.3. The fourth-order valence-corrected chi connectivity index (χ4v) is 0.816. The van der Waals surface area contributed by atoms with Gasteiger partial charge in [-0.05, 0) is 55.7 Å². The number of nitrogens with two attached hydrogens (primary N) is 1. The van der Waals surface area contributed by atoms with Crippen LogP contribution in [0.4, 0.5) is 5.69 Å². The Kier molecular flexibility index (Phi) is 12.0. The van der Waals surface area contributed by atoms with Gasteiger partial charge in [-0.25, -0.2) is 0 Å². The van der Waals surface area contributed by atoms with Crippen molar-refractivity contribution in [3.8, 4) is 47.9 Å². The summed E-state index contributed by atoms with van der Waals surface area (Å²) >= 11 is 0. The zero-order valence-corrected chi connectivity index (χ0v) is 10.7. The quantitative estimate of drug-likeness (QED) is 0.537. The van der Waals surface area contributed by atoms with Crippen molar-refractivity contribution in [2.75, 3.05) is 5.73 Å². The van der Waals surface area contributed by atoms with Crippen LogP contribution in [0, 0.1) is 47.9 Å². The predicted octanol–water partition coefficient (Wildman–Crippen LogP) is 2.45. The van der Waals surface area contributed by atoms with Gasteiger partial charge in [0, 0.05) is 11.3 Å². The Labute approximate surface area is 110 Å². The highest BCUT2D eigenvalue weighted by atomic mass is 14.5. The lowest BCUT2D eigenvalue weighted by molar-refractivity contribution is 1.64. The third-order valence-electron chi connectivity index (χ3n) is 1.49. The van der Waals surface area contributed by atoms with Crippen molar-refractivity contribution in [2.24, 2.45) is 0 Å². The van der Waals surface area contributed by atoms with Gasteiger partial charge in [0.05, 0.1) is 0 Å². The molecule has 0 fully saturated rings. The van der Waals surface area contributed by atoms with E-state index in [0.717, 1.165) is 5.56 Å². The Morgan fingerprint density at radius 2 is 1.56 bits per heavy atom. The maximum Gasteiger partial charge on any atom is 0.0326 e. The summed E-state index contributed by atoms with van der Waals surface area (Å²) in [5, 5.41) is 0. The van der Waals surface area contributed by atoms with Gasteiger partial charge in [-0.2, -0.15) is 0 Å². The third kappa shape index (κ3) is 9.76. The molecule has 0 unspecified atom stereocenters. The molecule has 0 radical (unpaired) electrons. The van der Waals surface area contributed by atoms with Crippen molar-refractivity contribution in [1.82, 2.24) is 6.15 Å². The van der Waals surface area contributed by atoms with Gasteiger partial charge < -0.3 is 11.9 Å². The zero-order valence-electron chi connectivity index (χ0n) is 10.7. The molecule has 0 amide bonds. The molecule has 0 aliphatic heterocycles. The Morgan fingerprint density at radius 1 is 1.00 bits per heavy atom. The van der Waals surface area contributed by atoms with Crippen molar-refractivity contribution in [1.29, 1.82) is 0 Å². The van der Waals surface area contributed by atoms with Gasteiger partial charge in [-0.1, -0.05) is 23.8 Å². The second-order valence-corrected chi connectivity index (χ2v) is 2.77. The second-order valence-electron chi connectivity index (χ2n) is 2.77. The Balaban J connectivity index is 0. The highest BCUT2D eigenvalue weighted by Crippen LogP contribution is 2.03.